The molecule has 0 saturated carbocycles. The average molecular weight is 316 g/mol. The van der Waals surface area contributed by atoms with Gasteiger partial charge in [-0.25, -0.2) is 4.68 Å². The van der Waals surface area contributed by atoms with Gasteiger partial charge in [0, 0.05) is 30.8 Å². The van der Waals surface area contributed by atoms with Crippen LogP contribution in [0.5, 0.6) is 0 Å². The summed E-state index contributed by atoms with van der Waals surface area (Å²) in [7, 11) is 0. The first kappa shape index (κ1) is 14.5. The summed E-state index contributed by atoms with van der Waals surface area (Å²) in [6.45, 7) is 0.520. The van der Waals surface area contributed by atoms with Crippen LogP contribution >= 0.6 is 0 Å². The van der Waals surface area contributed by atoms with Crippen molar-refractivity contribution in [1.82, 2.24) is 14.8 Å². The SMILES string of the molecule is O=c1ccc(-c2ccccn2)nn1CCC1=Nc2ccccc2C1. The number of nitrogens with zero attached hydrogens (tertiary/aromatic N) is 4. The van der Waals surface area contributed by atoms with E-state index in [1.54, 1.807) is 18.3 Å². The first-order valence-corrected chi connectivity index (χ1v) is 7.93. The van der Waals surface area contributed by atoms with Crippen LogP contribution in [0, 0.1) is 0 Å². The zero-order valence-electron chi connectivity index (χ0n) is 13.1. The van der Waals surface area contributed by atoms with Gasteiger partial charge in [-0.15, -0.1) is 0 Å². The molecule has 3 heterocycles. The maximum Gasteiger partial charge on any atom is 0.266 e. The van der Waals surface area contributed by atoms with Crippen molar-refractivity contribution in [2.75, 3.05) is 0 Å². The second kappa shape index (κ2) is 6.20. The molecule has 0 atom stereocenters. The van der Waals surface area contributed by atoms with Crippen LogP contribution in [0.1, 0.15) is 12.0 Å². The Hall–Kier alpha value is -3.08. The lowest BCUT2D eigenvalue weighted by Gasteiger charge is -2.06. The van der Waals surface area contributed by atoms with E-state index in [-0.39, 0.29) is 5.56 Å². The molecular formula is C19H16N4O. The fourth-order valence-corrected chi connectivity index (χ4v) is 2.84. The number of fused-ring (bicyclic) bond motifs is 1. The monoisotopic (exact) mass is 316 g/mol. The summed E-state index contributed by atoms with van der Waals surface area (Å²) in [5.41, 5.74) is 4.73. The maximum atomic E-state index is 12.1. The predicted octanol–water partition coefficient (Wildman–Crippen LogP) is 3.02. The maximum absolute atomic E-state index is 12.1. The Morgan fingerprint density at radius 3 is 2.67 bits per heavy atom. The van der Waals surface area contributed by atoms with Crippen LogP contribution in [0.25, 0.3) is 11.4 Å². The molecule has 24 heavy (non-hydrogen) atoms. The summed E-state index contributed by atoms with van der Waals surface area (Å²) < 4.78 is 1.50. The standard InChI is InChI=1S/C19H16N4O/c24-19-9-8-18(17-7-3-4-11-20-17)22-23(19)12-10-15-13-14-5-1-2-6-16(14)21-15/h1-9,11H,10,12-13H2. The molecule has 5 nitrogen and oxygen atoms in total. The van der Waals surface area contributed by atoms with Crippen molar-refractivity contribution in [3.8, 4) is 11.4 Å². The number of pyridine rings is 1. The number of hydrogen-bond donors (Lipinski definition) is 0. The summed E-state index contributed by atoms with van der Waals surface area (Å²) in [5, 5.41) is 4.44. The summed E-state index contributed by atoms with van der Waals surface area (Å²) in [5.74, 6) is 0. The number of para-hydroxylation sites is 1. The van der Waals surface area contributed by atoms with Crippen LogP contribution in [0.3, 0.4) is 0 Å². The van der Waals surface area contributed by atoms with E-state index in [1.165, 1.54) is 10.2 Å². The lowest BCUT2D eigenvalue weighted by molar-refractivity contribution is 0.595. The minimum absolute atomic E-state index is 0.106. The average Bonchev–Trinajstić information content (AvgIpc) is 3.05. The van der Waals surface area contributed by atoms with Crippen molar-refractivity contribution in [3.05, 3.63) is 76.7 Å². The Morgan fingerprint density at radius 2 is 1.83 bits per heavy atom. The van der Waals surface area contributed by atoms with Crippen LogP contribution in [-0.4, -0.2) is 20.5 Å². The van der Waals surface area contributed by atoms with Crippen molar-refractivity contribution in [2.24, 2.45) is 4.99 Å². The van der Waals surface area contributed by atoms with Gasteiger partial charge in [-0.05, 0) is 29.8 Å². The highest BCUT2D eigenvalue weighted by Gasteiger charge is 2.14. The van der Waals surface area contributed by atoms with Gasteiger partial charge >= 0.3 is 0 Å². The van der Waals surface area contributed by atoms with E-state index >= 15 is 0 Å². The molecule has 0 bridgehead atoms. The van der Waals surface area contributed by atoms with Gasteiger partial charge in [0.1, 0.15) is 5.69 Å². The van der Waals surface area contributed by atoms with Crippen LogP contribution in [0.2, 0.25) is 0 Å². The van der Waals surface area contributed by atoms with E-state index in [4.69, 9.17) is 0 Å². The van der Waals surface area contributed by atoms with Gasteiger partial charge in [0.25, 0.3) is 5.56 Å². The Morgan fingerprint density at radius 1 is 0.958 bits per heavy atom. The molecule has 0 amide bonds. The van der Waals surface area contributed by atoms with E-state index in [1.807, 2.05) is 36.4 Å². The molecule has 0 spiro atoms. The molecule has 118 valence electrons. The molecule has 0 fully saturated rings. The molecule has 2 aromatic heterocycles. The van der Waals surface area contributed by atoms with Crippen LogP contribution in [-0.2, 0) is 13.0 Å². The fourth-order valence-electron chi connectivity index (χ4n) is 2.84. The predicted molar refractivity (Wildman–Crippen MR) is 93.6 cm³/mol. The smallest absolute Gasteiger partial charge is 0.266 e. The van der Waals surface area contributed by atoms with E-state index < -0.39 is 0 Å². The van der Waals surface area contributed by atoms with E-state index in [0.717, 1.165) is 23.5 Å². The fraction of sp³-hybridized carbons (Fsp3) is 0.158. The highest BCUT2D eigenvalue weighted by Crippen LogP contribution is 2.26. The molecular weight excluding hydrogens is 300 g/mol. The molecule has 0 N–H and O–H groups in total. The number of aliphatic imine (C=N–C) groups is 1. The van der Waals surface area contributed by atoms with E-state index in [2.05, 4.69) is 21.1 Å². The Balaban J connectivity index is 1.53. The summed E-state index contributed by atoms with van der Waals surface area (Å²) >= 11 is 0. The van der Waals surface area contributed by atoms with Crippen molar-refractivity contribution in [2.45, 2.75) is 19.4 Å². The third-order valence-electron chi connectivity index (χ3n) is 4.07. The van der Waals surface area contributed by atoms with Crippen molar-refractivity contribution in [1.29, 1.82) is 0 Å². The highest BCUT2D eigenvalue weighted by atomic mass is 16.1. The molecule has 0 aliphatic carbocycles. The van der Waals surface area contributed by atoms with Crippen molar-refractivity contribution >= 4 is 11.4 Å². The zero-order chi connectivity index (χ0) is 16.4. The van der Waals surface area contributed by atoms with Gasteiger partial charge in [-0.2, -0.15) is 5.10 Å². The lowest BCUT2D eigenvalue weighted by atomic mass is 10.1. The van der Waals surface area contributed by atoms with E-state index in [9.17, 15) is 4.79 Å². The van der Waals surface area contributed by atoms with Gasteiger partial charge in [-0.1, -0.05) is 24.3 Å². The molecule has 0 saturated heterocycles. The van der Waals surface area contributed by atoms with Crippen LogP contribution in [0.4, 0.5) is 5.69 Å². The van der Waals surface area contributed by atoms with Gasteiger partial charge in [-0.3, -0.25) is 14.8 Å². The minimum Gasteiger partial charge on any atom is -0.268 e. The van der Waals surface area contributed by atoms with Crippen molar-refractivity contribution < 1.29 is 0 Å². The Labute approximate surface area is 139 Å². The first-order valence-electron chi connectivity index (χ1n) is 7.93. The lowest BCUT2D eigenvalue weighted by Crippen LogP contribution is -2.23. The third kappa shape index (κ3) is 2.88. The summed E-state index contributed by atoms with van der Waals surface area (Å²) in [6, 6.07) is 17.0. The van der Waals surface area contributed by atoms with Gasteiger partial charge in [0.2, 0.25) is 0 Å². The van der Waals surface area contributed by atoms with Crippen molar-refractivity contribution in [3.63, 3.8) is 0 Å². The zero-order valence-corrected chi connectivity index (χ0v) is 13.1. The Bertz CT molecular complexity index is 960. The molecule has 3 aromatic rings. The number of benzene rings is 1. The summed E-state index contributed by atoms with van der Waals surface area (Å²) in [6.07, 6.45) is 3.29. The number of rotatable bonds is 4. The first-order chi connectivity index (χ1) is 11.8. The molecule has 1 aromatic carbocycles. The van der Waals surface area contributed by atoms with Gasteiger partial charge in [0.05, 0.1) is 17.9 Å². The quantitative estimate of drug-likeness (QED) is 0.743. The largest absolute Gasteiger partial charge is 0.268 e. The molecule has 4 rings (SSSR count). The minimum atomic E-state index is -0.106. The van der Waals surface area contributed by atoms with Gasteiger partial charge < -0.3 is 0 Å². The molecule has 1 aliphatic heterocycles. The topological polar surface area (TPSA) is 60.1 Å². The van der Waals surface area contributed by atoms with Crippen LogP contribution < -0.4 is 5.56 Å². The molecule has 0 unspecified atom stereocenters. The Kier molecular flexibility index (Phi) is 3.75. The number of aromatic nitrogens is 3. The summed E-state index contributed by atoms with van der Waals surface area (Å²) in [4.78, 5) is 21.0. The number of hydrogen-bond acceptors (Lipinski definition) is 4. The van der Waals surface area contributed by atoms with E-state index in [0.29, 0.717) is 18.7 Å². The number of aryl methyl sites for hydroxylation is 1. The van der Waals surface area contributed by atoms with Gasteiger partial charge in [0.15, 0.2) is 0 Å². The normalized spacial score (nSPS) is 12.8. The highest BCUT2D eigenvalue weighted by molar-refractivity contribution is 5.93. The molecule has 0 radical (unpaired) electrons. The second-order valence-corrected chi connectivity index (χ2v) is 5.73. The van der Waals surface area contributed by atoms with Crippen LogP contribution in [0.15, 0.2) is 70.6 Å². The molecule has 1 aliphatic rings. The molecule has 5 heteroatoms. The third-order valence-corrected chi connectivity index (χ3v) is 4.07. The second-order valence-electron chi connectivity index (χ2n) is 5.73.